The molecule has 23 heavy (non-hydrogen) atoms. The molecule has 0 saturated carbocycles. The van der Waals surface area contributed by atoms with Crippen molar-refractivity contribution in [2.45, 2.75) is 13.3 Å². The summed E-state index contributed by atoms with van der Waals surface area (Å²) in [5, 5.41) is 10.3. The van der Waals surface area contributed by atoms with Gasteiger partial charge in [-0.15, -0.1) is 0 Å². The van der Waals surface area contributed by atoms with E-state index in [0.29, 0.717) is 12.5 Å². The third-order valence-electron chi connectivity index (χ3n) is 4.41. The maximum Gasteiger partial charge on any atom is 0.224 e. The fourth-order valence-electron chi connectivity index (χ4n) is 3.38. The van der Waals surface area contributed by atoms with Crippen LogP contribution < -0.4 is 10.2 Å². The minimum absolute atomic E-state index is 0.0158. The number of carbonyl (C=O) groups excluding carboxylic acids is 1. The highest BCUT2D eigenvalue weighted by atomic mass is 16.1. The summed E-state index contributed by atoms with van der Waals surface area (Å²) in [4.78, 5) is 23.1. The van der Waals surface area contributed by atoms with Gasteiger partial charge in [-0.05, 0) is 24.5 Å². The van der Waals surface area contributed by atoms with E-state index in [0.717, 1.165) is 35.2 Å². The highest BCUT2D eigenvalue weighted by Crippen LogP contribution is 2.31. The summed E-state index contributed by atoms with van der Waals surface area (Å²) in [5.41, 5.74) is 3.26. The van der Waals surface area contributed by atoms with Crippen LogP contribution in [0.3, 0.4) is 0 Å². The van der Waals surface area contributed by atoms with E-state index in [1.807, 2.05) is 12.1 Å². The van der Waals surface area contributed by atoms with Crippen LogP contribution in [-0.2, 0) is 4.79 Å². The van der Waals surface area contributed by atoms with Gasteiger partial charge < -0.3 is 15.6 Å². The first-order valence-corrected chi connectivity index (χ1v) is 7.84. The lowest BCUT2D eigenvalue weighted by Crippen LogP contribution is -2.45. The zero-order valence-corrected chi connectivity index (χ0v) is 13.4. The number of benzene rings is 1. The second-order valence-corrected chi connectivity index (χ2v) is 6.13. The van der Waals surface area contributed by atoms with Crippen molar-refractivity contribution in [1.29, 1.82) is 5.41 Å². The van der Waals surface area contributed by atoms with Gasteiger partial charge >= 0.3 is 0 Å². The largest absolute Gasteiger partial charge is 0.369 e. The predicted octanol–water partition coefficient (Wildman–Crippen LogP) is 1.84. The maximum absolute atomic E-state index is 12.1. The molecule has 1 aromatic heterocycles. The Morgan fingerprint density at radius 3 is 2.74 bits per heavy atom. The van der Waals surface area contributed by atoms with E-state index in [1.54, 1.807) is 19.4 Å². The van der Waals surface area contributed by atoms with Crippen molar-refractivity contribution in [1.82, 2.24) is 15.3 Å². The summed E-state index contributed by atoms with van der Waals surface area (Å²) < 4.78 is 0. The summed E-state index contributed by atoms with van der Waals surface area (Å²) in [6, 6.07) is 3.88. The van der Waals surface area contributed by atoms with Crippen LogP contribution in [0.5, 0.6) is 0 Å². The number of hydrogen-bond acceptors (Lipinski definition) is 5. The molecule has 2 N–H and O–H groups in total. The van der Waals surface area contributed by atoms with Gasteiger partial charge in [0.05, 0.1) is 17.1 Å². The Bertz CT molecular complexity index is 745. The molecule has 120 valence electrons. The first-order valence-electron chi connectivity index (χ1n) is 7.84. The fraction of sp³-hybridized carbons (Fsp3) is 0.412. The highest BCUT2D eigenvalue weighted by Gasteiger charge is 2.30. The van der Waals surface area contributed by atoms with E-state index in [-0.39, 0.29) is 11.8 Å². The van der Waals surface area contributed by atoms with Crippen molar-refractivity contribution in [3.8, 4) is 0 Å². The predicted molar refractivity (Wildman–Crippen MR) is 91.0 cm³/mol. The Morgan fingerprint density at radius 1 is 1.30 bits per heavy atom. The molecular formula is C17H21N5O. The lowest BCUT2D eigenvalue weighted by atomic mass is 9.89. The lowest BCUT2D eigenvalue weighted by Gasteiger charge is -2.37. The first-order chi connectivity index (χ1) is 11.1. The molecule has 0 aliphatic carbocycles. The van der Waals surface area contributed by atoms with Crippen molar-refractivity contribution in [3.63, 3.8) is 0 Å². The molecule has 6 nitrogen and oxygen atoms in total. The van der Waals surface area contributed by atoms with Crippen molar-refractivity contribution in [2.24, 2.45) is 11.8 Å². The third kappa shape index (κ3) is 2.88. The number of nitrogens with zero attached hydrogens (tertiary/aromatic N) is 3. The number of piperidine rings is 1. The molecule has 6 heteroatoms. The van der Waals surface area contributed by atoms with Crippen LogP contribution in [0, 0.1) is 17.2 Å². The maximum atomic E-state index is 12.1. The number of rotatable bonds is 3. The Labute approximate surface area is 135 Å². The molecule has 1 fully saturated rings. The van der Waals surface area contributed by atoms with Crippen molar-refractivity contribution in [3.05, 3.63) is 30.1 Å². The third-order valence-corrected chi connectivity index (χ3v) is 4.41. The van der Waals surface area contributed by atoms with Gasteiger partial charge in [-0.2, -0.15) is 0 Å². The van der Waals surface area contributed by atoms with Crippen LogP contribution in [-0.4, -0.2) is 42.2 Å². The van der Waals surface area contributed by atoms with Crippen LogP contribution in [0.4, 0.5) is 5.69 Å². The number of nitrogens with one attached hydrogen (secondary N) is 2. The number of aromatic nitrogens is 2. The summed E-state index contributed by atoms with van der Waals surface area (Å²) in [6.07, 6.45) is 5.51. The standard InChI is InChI=1S/C17H21N5O/c1-11-7-13(17(23)19-2)10-22(9-11)14-4-3-12(8-18)15-16(14)21-6-5-20-15/h3-6,8,11,13,18H,7,9-10H2,1-2H3,(H,19,23). The average molecular weight is 311 g/mol. The van der Waals surface area contributed by atoms with Gasteiger partial charge in [-0.3, -0.25) is 14.8 Å². The second kappa shape index (κ2) is 6.32. The molecule has 1 amide bonds. The SMILES string of the molecule is CNC(=O)C1CC(C)CN(c2ccc(C=N)c3nccnc23)C1. The minimum Gasteiger partial charge on any atom is -0.369 e. The van der Waals surface area contributed by atoms with E-state index in [9.17, 15) is 4.79 Å². The van der Waals surface area contributed by atoms with Crippen LogP contribution in [0.1, 0.15) is 18.9 Å². The molecule has 1 saturated heterocycles. The first kappa shape index (κ1) is 15.4. The Balaban J connectivity index is 2.02. The molecule has 0 spiro atoms. The Hall–Kier alpha value is -2.50. The summed E-state index contributed by atoms with van der Waals surface area (Å²) in [7, 11) is 1.69. The number of hydrogen-bond donors (Lipinski definition) is 2. The fourth-order valence-corrected chi connectivity index (χ4v) is 3.38. The van der Waals surface area contributed by atoms with E-state index >= 15 is 0 Å². The molecule has 3 rings (SSSR count). The quantitative estimate of drug-likeness (QED) is 0.847. The number of carbonyl (C=O) groups is 1. The lowest BCUT2D eigenvalue weighted by molar-refractivity contribution is -0.125. The molecule has 0 bridgehead atoms. The van der Waals surface area contributed by atoms with Gasteiger partial charge in [-0.25, -0.2) is 0 Å². The van der Waals surface area contributed by atoms with E-state index in [4.69, 9.17) is 5.41 Å². The average Bonchev–Trinajstić information content (AvgIpc) is 2.59. The molecule has 0 radical (unpaired) electrons. The van der Waals surface area contributed by atoms with Gasteiger partial charge in [0, 0.05) is 44.3 Å². The van der Waals surface area contributed by atoms with Crippen molar-refractivity contribution < 1.29 is 4.79 Å². The van der Waals surface area contributed by atoms with Crippen molar-refractivity contribution in [2.75, 3.05) is 25.0 Å². The van der Waals surface area contributed by atoms with Crippen LogP contribution in [0.2, 0.25) is 0 Å². The normalized spacial score (nSPS) is 21.2. The zero-order valence-electron chi connectivity index (χ0n) is 13.4. The molecule has 2 unspecified atom stereocenters. The van der Waals surface area contributed by atoms with Crippen LogP contribution in [0.25, 0.3) is 11.0 Å². The van der Waals surface area contributed by atoms with Crippen LogP contribution in [0.15, 0.2) is 24.5 Å². The highest BCUT2D eigenvalue weighted by molar-refractivity contribution is 6.00. The number of amides is 1. The van der Waals surface area contributed by atoms with Crippen molar-refractivity contribution >= 4 is 28.8 Å². The Morgan fingerprint density at radius 2 is 2.04 bits per heavy atom. The molecule has 1 aliphatic rings. The molecular weight excluding hydrogens is 290 g/mol. The number of fused-ring (bicyclic) bond motifs is 1. The van der Waals surface area contributed by atoms with Gasteiger partial charge in [0.2, 0.25) is 5.91 Å². The summed E-state index contributed by atoms with van der Waals surface area (Å²) >= 11 is 0. The van der Waals surface area contributed by atoms with Gasteiger partial charge in [-0.1, -0.05) is 6.92 Å². The van der Waals surface area contributed by atoms with E-state index in [1.165, 1.54) is 6.21 Å². The van der Waals surface area contributed by atoms with Gasteiger partial charge in [0.1, 0.15) is 5.52 Å². The number of anilines is 1. The molecule has 2 heterocycles. The summed E-state index contributed by atoms with van der Waals surface area (Å²) in [5.74, 6) is 0.506. The van der Waals surface area contributed by atoms with Gasteiger partial charge in [0.15, 0.2) is 0 Å². The monoisotopic (exact) mass is 311 g/mol. The minimum atomic E-state index is -0.0158. The van der Waals surface area contributed by atoms with Gasteiger partial charge in [0.25, 0.3) is 0 Å². The Kier molecular flexibility index (Phi) is 4.23. The molecule has 2 atom stereocenters. The molecule has 2 aromatic rings. The summed E-state index contributed by atoms with van der Waals surface area (Å²) in [6.45, 7) is 3.74. The molecule has 1 aliphatic heterocycles. The topological polar surface area (TPSA) is 82.0 Å². The molecule has 1 aromatic carbocycles. The van der Waals surface area contributed by atoms with E-state index < -0.39 is 0 Å². The van der Waals surface area contributed by atoms with Crippen LogP contribution >= 0.6 is 0 Å². The smallest absolute Gasteiger partial charge is 0.224 e. The second-order valence-electron chi connectivity index (χ2n) is 6.13. The van der Waals surface area contributed by atoms with E-state index in [2.05, 4.69) is 27.1 Å². The zero-order chi connectivity index (χ0) is 16.4.